The van der Waals surface area contributed by atoms with Crippen LogP contribution >= 0.6 is 0 Å². The van der Waals surface area contributed by atoms with Crippen molar-refractivity contribution in [3.8, 4) is 11.5 Å². The van der Waals surface area contributed by atoms with Crippen LogP contribution in [0.15, 0.2) is 41.0 Å². The van der Waals surface area contributed by atoms with Gasteiger partial charge in [-0.25, -0.2) is 0 Å². The molecule has 0 aliphatic rings. The van der Waals surface area contributed by atoms with Crippen LogP contribution in [0, 0.1) is 0 Å². The van der Waals surface area contributed by atoms with Gasteiger partial charge in [-0.05, 0) is 36.2 Å². The van der Waals surface area contributed by atoms with Gasteiger partial charge in [-0.15, -0.1) is 0 Å². The predicted octanol–water partition coefficient (Wildman–Crippen LogP) is 1.98. The predicted molar refractivity (Wildman–Crippen MR) is 87.4 cm³/mol. The zero-order valence-electron chi connectivity index (χ0n) is 14.0. The Morgan fingerprint density at radius 2 is 2.00 bits per heavy atom. The Hall–Kier alpha value is -3.10. The summed E-state index contributed by atoms with van der Waals surface area (Å²) in [4.78, 5) is 23.3. The van der Waals surface area contributed by atoms with E-state index in [4.69, 9.17) is 9.15 Å². The molecule has 0 bridgehead atoms. The molecule has 0 aliphatic heterocycles. The number of rotatable bonds is 9. The lowest BCUT2D eigenvalue weighted by Gasteiger charge is -2.12. The zero-order chi connectivity index (χ0) is 18.9. The molecule has 1 aromatic heterocycles. The van der Waals surface area contributed by atoms with Crippen molar-refractivity contribution in [1.29, 1.82) is 0 Å². The maximum atomic E-state index is 12.3. The fourth-order valence-corrected chi connectivity index (χ4v) is 2.13. The van der Waals surface area contributed by atoms with Crippen molar-refractivity contribution in [1.82, 2.24) is 10.6 Å². The first kappa shape index (κ1) is 19.2. The number of furan rings is 1. The van der Waals surface area contributed by atoms with Gasteiger partial charge in [0, 0.05) is 6.54 Å². The molecule has 0 saturated carbocycles. The minimum atomic E-state index is -2.94. The van der Waals surface area contributed by atoms with Crippen LogP contribution < -0.4 is 20.1 Å². The molecule has 0 fully saturated rings. The summed E-state index contributed by atoms with van der Waals surface area (Å²) in [5.74, 6) is -0.606. The van der Waals surface area contributed by atoms with E-state index >= 15 is 0 Å². The van der Waals surface area contributed by atoms with E-state index in [1.54, 1.807) is 18.2 Å². The first-order valence-electron chi connectivity index (χ1n) is 7.69. The van der Waals surface area contributed by atoms with E-state index < -0.39 is 12.5 Å². The Bertz CT molecular complexity index is 735. The van der Waals surface area contributed by atoms with Crippen LogP contribution in [0.4, 0.5) is 8.78 Å². The molecule has 2 aromatic rings. The number of hydrogen-bond acceptors (Lipinski definition) is 5. The van der Waals surface area contributed by atoms with Crippen LogP contribution in [-0.2, 0) is 11.2 Å². The van der Waals surface area contributed by atoms with Crippen LogP contribution in [0.1, 0.15) is 16.1 Å². The number of halogens is 2. The Labute approximate surface area is 148 Å². The van der Waals surface area contributed by atoms with E-state index in [0.717, 1.165) is 5.56 Å². The van der Waals surface area contributed by atoms with E-state index in [2.05, 4.69) is 15.4 Å². The van der Waals surface area contributed by atoms with Gasteiger partial charge in [-0.1, -0.05) is 6.07 Å². The Kier molecular flexibility index (Phi) is 6.95. The topological polar surface area (TPSA) is 89.8 Å². The summed E-state index contributed by atoms with van der Waals surface area (Å²) in [6.07, 6.45) is 1.81. The van der Waals surface area contributed by atoms with Gasteiger partial charge < -0.3 is 24.5 Å². The van der Waals surface area contributed by atoms with Crippen LogP contribution in [0.5, 0.6) is 11.5 Å². The molecule has 0 atom stereocenters. The minimum Gasteiger partial charge on any atom is -0.493 e. The van der Waals surface area contributed by atoms with Crippen molar-refractivity contribution in [3.05, 3.63) is 47.9 Å². The maximum Gasteiger partial charge on any atom is 0.387 e. The molecule has 2 N–H and O–H groups in total. The summed E-state index contributed by atoms with van der Waals surface area (Å²) in [6.45, 7) is -2.83. The fraction of sp³-hybridized carbons (Fsp3) is 0.294. The molecule has 1 aromatic carbocycles. The van der Waals surface area contributed by atoms with Crippen molar-refractivity contribution in [2.45, 2.75) is 13.0 Å². The highest BCUT2D eigenvalue weighted by Crippen LogP contribution is 2.29. The molecule has 140 valence electrons. The second-order valence-corrected chi connectivity index (χ2v) is 5.12. The van der Waals surface area contributed by atoms with Gasteiger partial charge in [0.05, 0.1) is 19.9 Å². The lowest BCUT2D eigenvalue weighted by molar-refractivity contribution is -0.120. The molecule has 0 saturated heterocycles. The second-order valence-electron chi connectivity index (χ2n) is 5.12. The van der Waals surface area contributed by atoms with Crippen molar-refractivity contribution in [2.75, 3.05) is 20.2 Å². The standard InChI is InChI=1S/C17H18F2N2O5/c1-24-14-9-11(4-5-12(14)26-17(18)19)6-7-20-15(22)10-21-16(23)13-3-2-8-25-13/h2-5,8-9,17H,6-7,10H2,1H3,(H,20,22)(H,21,23). The quantitative estimate of drug-likeness (QED) is 0.706. The molecule has 0 aliphatic carbocycles. The van der Waals surface area contributed by atoms with Gasteiger partial charge in [0.25, 0.3) is 5.91 Å². The molecule has 9 heteroatoms. The number of ether oxygens (including phenoxy) is 2. The third-order valence-corrected chi connectivity index (χ3v) is 3.33. The summed E-state index contributed by atoms with van der Waals surface area (Å²) in [7, 11) is 1.35. The number of carbonyl (C=O) groups is 2. The smallest absolute Gasteiger partial charge is 0.387 e. The Morgan fingerprint density at radius 1 is 1.19 bits per heavy atom. The van der Waals surface area contributed by atoms with Crippen LogP contribution in [0.3, 0.4) is 0 Å². The first-order valence-corrected chi connectivity index (χ1v) is 7.69. The molecule has 26 heavy (non-hydrogen) atoms. The van der Waals surface area contributed by atoms with E-state index in [1.807, 2.05) is 0 Å². The summed E-state index contributed by atoms with van der Waals surface area (Å²) < 4.78 is 38.8. The number of alkyl halides is 2. The average Bonchev–Trinajstić information content (AvgIpc) is 3.15. The molecule has 0 spiro atoms. The molecular weight excluding hydrogens is 350 g/mol. The fourth-order valence-electron chi connectivity index (χ4n) is 2.13. The minimum absolute atomic E-state index is 0.0593. The average molecular weight is 368 g/mol. The summed E-state index contributed by atoms with van der Waals surface area (Å²) >= 11 is 0. The third kappa shape index (κ3) is 5.76. The van der Waals surface area contributed by atoms with Crippen molar-refractivity contribution in [2.24, 2.45) is 0 Å². The van der Waals surface area contributed by atoms with E-state index in [1.165, 1.54) is 25.5 Å². The summed E-state index contributed by atoms with van der Waals surface area (Å²) in [5.41, 5.74) is 0.767. The van der Waals surface area contributed by atoms with Crippen LogP contribution in [0.2, 0.25) is 0 Å². The van der Waals surface area contributed by atoms with E-state index in [-0.39, 0.29) is 29.7 Å². The van der Waals surface area contributed by atoms with Gasteiger partial charge >= 0.3 is 6.61 Å². The third-order valence-electron chi connectivity index (χ3n) is 3.33. The number of methoxy groups -OCH3 is 1. The molecular formula is C17H18F2N2O5. The van der Waals surface area contributed by atoms with Crippen LogP contribution in [-0.4, -0.2) is 38.6 Å². The highest BCUT2D eigenvalue weighted by atomic mass is 19.3. The Morgan fingerprint density at radius 3 is 2.65 bits per heavy atom. The second kappa shape index (κ2) is 9.40. The van der Waals surface area contributed by atoms with Crippen molar-refractivity contribution < 1.29 is 32.3 Å². The summed E-state index contributed by atoms with van der Waals surface area (Å²) in [5, 5.41) is 5.06. The number of carbonyl (C=O) groups excluding carboxylic acids is 2. The van der Waals surface area contributed by atoms with E-state index in [0.29, 0.717) is 13.0 Å². The molecule has 0 radical (unpaired) electrons. The number of hydrogen-bond donors (Lipinski definition) is 2. The highest BCUT2D eigenvalue weighted by molar-refractivity contribution is 5.94. The molecule has 2 rings (SSSR count). The molecule has 0 unspecified atom stereocenters. The SMILES string of the molecule is COc1cc(CCNC(=O)CNC(=O)c2ccco2)ccc1OC(F)F. The van der Waals surface area contributed by atoms with Gasteiger partial charge in [-0.3, -0.25) is 9.59 Å². The lowest BCUT2D eigenvalue weighted by atomic mass is 10.1. The molecule has 7 nitrogen and oxygen atoms in total. The molecule has 2 amide bonds. The maximum absolute atomic E-state index is 12.3. The normalized spacial score (nSPS) is 10.5. The summed E-state index contributed by atoms with van der Waals surface area (Å²) in [6, 6.07) is 7.60. The van der Waals surface area contributed by atoms with Crippen molar-refractivity contribution in [3.63, 3.8) is 0 Å². The van der Waals surface area contributed by atoms with Crippen LogP contribution in [0.25, 0.3) is 0 Å². The largest absolute Gasteiger partial charge is 0.493 e. The number of amides is 2. The van der Waals surface area contributed by atoms with Gasteiger partial charge in [0.15, 0.2) is 17.3 Å². The lowest BCUT2D eigenvalue weighted by Crippen LogP contribution is -2.37. The molecule has 1 heterocycles. The highest BCUT2D eigenvalue weighted by Gasteiger charge is 2.12. The number of nitrogens with one attached hydrogen (secondary N) is 2. The first-order chi connectivity index (χ1) is 12.5. The zero-order valence-corrected chi connectivity index (χ0v) is 14.0. The Balaban J connectivity index is 1.76. The van der Waals surface area contributed by atoms with Gasteiger partial charge in [0.1, 0.15) is 0 Å². The van der Waals surface area contributed by atoms with Gasteiger partial charge in [0.2, 0.25) is 5.91 Å². The monoisotopic (exact) mass is 368 g/mol. The number of benzene rings is 1. The van der Waals surface area contributed by atoms with Crippen molar-refractivity contribution >= 4 is 11.8 Å². The van der Waals surface area contributed by atoms with Gasteiger partial charge in [-0.2, -0.15) is 8.78 Å². The van der Waals surface area contributed by atoms with E-state index in [9.17, 15) is 18.4 Å².